The summed E-state index contributed by atoms with van der Waals surface area (Å²) < 4.78 is 27.4. The van der Waals surface area contributed by atoms with E-state index in [0.717, 1.165) is 24.3 Å². The topological polar surface area (TPSA) is 40.6 Å². The van der Waals surface area contributed by atoms with Crippen molar-refractivity contribution in [1.82, 2.24) is 0 Å². The maximum Gasteiger partial charge on any atom is 0.264 e. The van der Waals surface area contributed by atoms with E-state index in [9.17, 15) is 8.42 Å². The van der Waals surface area contributed by atoms with Gasteiger partial charge in [-0.15, -0.1) is 0 Å². The average Bonchev–Trinajstić information content (AvgIpc) is 2.68. The lowest BCUT2D eigenvalue weighted by atomic mass is 10.2. The summed E-state index contributed by atoms with van der Waals surface area (Å²) in [5.74, 6) is 0. The summed E-state index contributed by atoms with van der Waals surface area (Å²) in [4.78, 5) is 2.44. The molecule has 1 aliphatic heterocycles. The van der Waals surface area contributed by atoms with Crippen molar-refractivity contribution in [3.05, 3.63) is 54.6 Å². The van der Waals surface area contributed by atoms with Crippen LogP contribution in [0.25, 0.3) is 0 Å². The molecule has 21 heavy (non-hydrogen) atoms. The Hall–Kier alpha value is -2.01. The summed E-state index contributed by atoms with van der Waals surface area (Å²) in [6, 6.07) is 16.3. The van der Waals surface area contributed by atoms with E-state index in [0.29, 0.717) is 11.4 Å². The third-order valence-electron chi connectivity index (χ3n) is 3.75. The second-order valence-electron chi connectivity index (χ2n) is 5.15. The van der Waals surface area contributed by atoms with Crippen molar-refractivity contribution in [2.75, 3.05) is 29.3 Å². The van der Waals surface area contributed by atoms with E-state index in [2.05, 4.69) is 4.90 Å². The van der Waals surface area contributed by atoms with Crippen LogP contribution in [-0.2, 0) is 10.0 Å². The highest BCUT2D eigenvalue weighted by molar-refractivity contribution is 7.92. The molecule has 5 heteroatoms. The van der Waals surface area contributed by atoms with Gasteiger partial charge in [0.1, 0.15) is 0 Å². The van der Waals surface area contributed by atoms with Crippen LogP contribution in [0.3, 0.4) is 0 Å². The third-order valence-corrected chi connectivity index (χ3v) is 5.58. The quantitative estimate of drug-likeness (QED) is 0.856. The SMILES string of the molecule is CN1CCCN(S(=O)(=O)c2ccccc2)c2ccccc21. The Kier molecular flexibility index (Phi) is 3.59. The molecule has 1 heterocycles. The van der Waals surface area contributed by atoms with E-state index in [-0.39, 0.29) is 0 Å². The van der Waals surface area contributed by atoms with Gasteiger partial charge >= 0.3 is 0 Å². The van der Waals surface area contributed by atoms with E-state index in [1.165, 1.54) is 4.31 Å². The van der Waals surface area contributed by atoms with Crippen molar-refractivity contribution < 1.29 is 8.42 Å². The first-order valence-electron chi connectivity index (χ1n) is 6.98. The van der Waals surface area contributed by atoms with Crippen LogP contribution in [0.1, 0.15) is 6.42 Å². The minimum Gasteiger partial charge on any atom is -0.373 e. The molecule has 0 unspecified atom stereocenters. The van der Waals surface area contributed by atoms with Crippen molar-refractivity contribution >= 4 is 21.4 Å². The molecule has 0 fully saturated rings. The number of para-hydroxylation sites is 2. The number of fused-ring (bicyclic) bond motifs is 1. The van der Waals surface area contributed by atoms with Crippen molar-refractivity contribution in [3.63, 3.8) is 0 Å². The van der Waals surface area contributed by atoms with Crippen LogP contribution in [0.5, 0.6) is 0 Å². The van der Waals surface area contributed by atoms with Gasteiger partial charge in [0, 0.05) is 20.1 Å². The molecule has 0 aromatic heterocycles. The highest BCUT2D eigenvalue weighted by Gasteiger charge is 2.28. The van der Waals surface area contributed by atoms with E-state index in [1.807, 2.05) is 37.4 Å². The first-order chi connectivity index (χ1) is 10.1. The molecule has 0 amide bonds. The Morgan fingerprint density at radius 2 is 1.48 bits per heavy atom. The van der Waals surface area contributed by atoms with Crippen molar-refractivity contribution in [3.8, 4) is 0 Å². The molecule has 1 aliphatic rings. The Balaban J connectivity index is 2.12. The standard InChI is InChI=1S/C16H18N2O2S/c1-17-12-7-13-18(16-11-6-5-10-15(16)17)21(19,20)14-8-3-2-4-9-14/h2-6,8-11H,7,12-13H2,1H3. The van der Waals surface area contributed by atoms with Gasteiger partial charge < -0.3 is 4.90 Å². The zero-order valence-electron chi connectivity index (χ0n) is 11.9. The summed E-state index contributed by atoms with van der Waals surface area (Å²) in [6.07, 6.45) is 0.803. The second kappa shape index (κ2) is 5.41. The van der Waals surface area contributed by atoms with Gasteiger partial charge in [0.15, 0.2) is 0 Å². The molecule has 0 saturated heterocycles. The molecule has 0 bridgehead atoms. The Labute approximate surface area is 125 Å². The van der Waals surface area contributed by atoms with Gasteiger partial charge in [-0.1, -0.05) is 30.3 Å². The lowest BCUT2D eigenvalue weighted by Crippen LogP contribution is -2.31. The van der Waals surface area contributed by atoms with Crippen LogP contribution >= 0.6 is 0 Å². The van der Waals surface area contributed by atoms with Gasteiger partial charge in [-0.3, -0.25) is 4.31 Å². The first kappa shape index (κ1) is 13.9. The van der Waals surface area contributed by atoms with Crippen LogP contribution in [0, 0.1) is 0 Å². The molecule has 2 aromatic rings. The van der Waals surface area contributed by atoms with Crippen LogP contribution in [-0.4, -0.2) is 28.6 Å². The van der Waals surface area contributed by atoms with E-state index >= 15 is 0 Å². The minimum atomic E-state index is -3.52. The lowest BCUT2D eigenvalue weighted by Gasteiger charge is -2.25. The Morgan fingerprint density at radius 3 is 2.19 bits per heavy atom. The van der Waals surface area contributed by atoms with E-state index < -0.39 is 10.0 Å². The zero-order valence-corrected chi connectivity index (χ0v) is 12.8. The van der Waals surface area contributed by atoms with Gasteiger partial charge in [0.05, 0.1) is 16.3 Å². The normalized spacial score (nSPS) is 15.5. The molecule has 0 aliphatic carbocycles. The molecular formula is C16H18N2O2S. The molecule has 110 valence electrons. The summed E-state index contributed by atoms with van der Waals surface area (Å²) in [5, 5.41) is 0. The van der Waals surface area contributed by atoms with Gasteiger partial charge in [0.25, 0.3) is 10.0 Å². The summed E-state index contributed by atoms with van der Waals surface area (Å²) in [6.45, 7) is 1.34. The highest BCUT2D eigenvalue weighted by atomic mass is 32.2. The molecule has 3 rings (SSSR count). The average molecular weight is 302 g/mol. The fourth-order valence-corrected chi connectivity index (χ4v) is 4.20. The van der Waals surface area contributed by atoms with Gasteiger partial charge in [-0.25, -0.2) is 8.42 Å². The first-order valence-corrected chi connectivity index (χ1v) is 8.43. The number of nitrogens with zero attached hydrogens (tertiary/aromatic N) is 2. The van der Waals surface area contributed by atoms with Crippen LogP contribution in [0.4, 0.5) is 11.4 Å². The monoisotopic (exact) mass is 302 g/mol. The number of sulfonamides is 1. The molecule has 0 radical (unpaired) electrons. The third kappa shape index (κ3) is 2.49. The molecule has 4 nitrogen and oxygen atoms in total. The molecule has 0 saturated carbocycles. The zero-order chi connectivity index (χ0) is 14.9. The number of anilines is 2. The molecule has 0 spiro atoms. The van der Waals surface area contributed by atoms with Gasteiger partial charge in [-0.05, 0) is 30.7 Å². The van der Waals surface area contributed by atoms with Crippen LogP contribution in [0.2, 0.25) is 0 Å². The van der Waals surface area contributed by atoms with Gasteiger partial charge in [0.2, 0.25) is 0 Å². The van der Waals surface area contributed by atoms with Gasteiger partial charge in [-0.2, -0.15) is 0 Å². The fraction of sp³-hybridized carbons (Fsp3) is 0.250. The lowest BCUT2D eigenvalue weighted by molar-refractivity contribution is 0.590. The van der Waals surface area contributed by atoms with Crippen LogP contribution < -0.4 is 9.21 Å². The minimum absolute atomic E-state index is 0.337. The second-order valence-corrected chi connectivity index (χ2v) is 7.02. The fourth-order valence-electron chi connectivity index (χ4n) is 2.66. The number of hydrogen-bond donors (Lipinski definition) is 0. The Morgan fingerprint density at radius 1 is 0.857 bits per heavy atom. The number of hydrogen-bond acceptors (Lipinski definition) is 3. The van der Waals surface area contributed by atoms with E-state index in [4.69, 9.17) is 0 Å². The number of rotatable bonds is 2. The predicted octanol–water partition coefficient (Wildman–Crippen LogP) is 2.72. The largest absolute Gasteiger partial charge is 0.373 e. The summed E-state index contributed by atoms with van der Waals surface area (Å²) >= 11 is 0. The van der Waals surface area contributed by atoms with Crippen molar-refractivity contribution in [1.29, 1.82) is 0 Å². The summed E-state index contributed by atoms with van der Waals surface area (Å²) in [7, 11) is -1.52. The molecule has 0 N–H and O–H groups in total. The van der Waals surface area contributed by atoms with Crippen molar-refractivity contribution in [2.24, 2.45) is 0 Å². The van der Waals surface area contributed by atoms with Crippen molar-refractivity contribution in [2.45, 2.75) is 11.3 Å². The maximum absolute atomic E-state index is 12.9. The smallest absolute Gasteiger partial charge is 0.264 e. The number of benzene rings is 2. The highest BCUT2D eigenvalue weighted by Crippen LogP contribution is 2.34. The van der Waals surface area contributed by atoms with E-state index in [1.54, 1.807) is 24.3 Å². The Bertz CT molecular complexity index is 729. The van der Waals surface area contributed by atoms with Crippen LogP contribution in [0.15, 0.2) is 59.5 Å². The summed E-state index contributed by atoms with van der Waals surface area (Å²) in [5.41, 5.74) is 1.70. The predicted molar refractivity (Wildman–Crippen MR) is 85.3 cm³/mol. The maximum atomic E-state index is 12.9. The molecule has 0 atom stereocenters. The molecular weight excluding hydrogens is 284 g/mol. The molecule has 2 aromatic carbocycles.